The topological polar surface area (TPSA) is 21.3 Å². The smallest absolute Gasteiger partial charge is 0.0725 e. The van der Waals surface area contributed by atoms with Crippen LogP contribution in [0.4, 0.5) is 0 Å². The summed E-state index contributed by atoms with van der Waals surface area (Å²) in [4.78, 5) is 0. The highest BCUT2D eigenvalue weighted by Crippen LogP contribution is 2.13. The van der Waals surface area contributed by atoms with Crippen LogP contribution in [0.3, 0.4) is 0 Å². The summed E-state index contributed by atoms with van der Waals surface area (Å²) in [7, 11) is 0. The zero-order valence-corrected chi connectivity index (χ0v) is 10.8. The van der Waals surface area contributed by atoms with Crippen LogP contribution in [0.1, 0.15) is 47.0 Å². The molecule has 0 aromatic rings. The van der Waals surface area contributed by atoms with E-state index >= 15 is 0 Å². The van der Waals surface area contributed by atoms with Crippen LogP contribution in [-0.4, -0.2) is 25.3 Å². The minimum atomic E-state index is 0.342. The summed E-state index contributed by atoms with van der Waals surface area (Å²) in [5.74, 6) is 0. The molecule has 0 rings (SSSR count). The molecular formula is C13H27NO. The molecule has 2 nitrogen and oxygen atoms in total. The second kappa shape index (κ2) is 8.93. The Morgan fingerprint density at radius 3 is 2.40 bits per heavy atom. The van der Waals surface area contributed by atoms with E-state index in [-0.39, 0.29) is 0 Å². The molecule has 0 aliphatic carbocycles. The monoisotopic (exact) mass is 213 g/mol. The zero-order chi connectivity index (χ0) is 11.7. The fraction of sp³-hybridized carbons (Fsp3) is 0.846. The van der Waals surface area contributed by atoms with Crippen molar-refractivity contribution in [2.75, 3.05) is 13.2 Å². The van der Waals surface area contributed by atoms with E-state index in [4.69, 9.17) is 4.74 Å². The Labute approximate surface area is 95.1 Å². The molecule has 0 heterocycles. The first kappa shape index (κ1) is 14.7. The Balaban J connectivity index is 4.13. The van der Waals surface area contributed by atoms with Crippen LogP contribution in [0.5, 0.6) is 0 Å². The highest BCUT2D eigenvalue weighted by molar-refractivity contribution is 4.90. The maximum absolute atomic E-state index is 5.75. The van der Waals surface area contributed by atoms with Crippen molar-refractivity contribution >= 4 is 0 Å². The summed E-state index contributed by atoms with van der Waals surface area (Å²) >= 11 is 0. The molecule has 1 N–H and O–H groups in total. The van der Waals surface area contributed by atoms with Gasteiger partial charge in [0.05, 0.1) is 6.10 Å². The Bertz CT molecular complexity index is 168. The van der Waals surface area contributed by atoms with Crippen LogP contribution in [0.2, 0.25) is 0 Å². The van der Waals surface area contributed by atoms with Gasteiger partial charge in [0.1, 0.15) is 0 Å². The van der Waals surface area contributed by atoms with Gasteiger partial charge in [-0.3, -0.25) is 0 Å². The second-order valence-corrected chi connectivity index (χ2v) is 4.06. The first-order valence-corrected chi connectivity index (χ1v) is 6.14. The van der Waals surface area contributed by atoms with Crippen molar-refractivity contribution in [3.05, 3.63) is 12.2 Å². The largest absolute Gasteiger partial charge is 0.377 e. The average Bonchev–Trinajstić information content (AvgIpc) is 2.21. The van der Waals surface area contributed by atoms with E-state index in [1.165, 1.54) is 5.57 Å². The molecule has 15 heavy (non-hydrogen) atoms. The van der Waals surface area contributed by atoms with Crippen molar-refractivity contribution in [1.82, 2.24) is 5.32 Å². The van der Waals surface area contributed by atoms with E-state index in [9.17, 15) is 0 Å². The number of nitrogens with one attached hydrogen (secondary N) is 1. The highest BCUT2D eigenvalue weighted by Gasteiger charge is 2.18. The van der Waals surface area contributed by atoms with Crippen molar-refractivity contribution in [2.45, 2.75) is 59.1 Å². The molecule has 0 bridgehead atoms. The highest BCUT2D eigenvalue weighted by atomic mass is 16.5. The molecule has 0 radical (unpaired) electrons. The quantitative estimate of drug-likeness (QED) is 0.594. The van der Waals surface area contributed by atoms with Crippen LogP contribution < -0.4 is 5.32 Å². The van der Waals surface area contributed by atoms with Gasteiger partial charge in [0, 0.05) is 12.6 Å². The SMILES string of the molecule is C=C(C)CCC(NCC)C(CC)OCC. The lowest BCUT2D eigenvalue weighted by molar-refractivity contribution is 0.0302. The average molecular weight is 213 g/mol. The summed E-state index contributed by atoms with van der Waals surface area (Å²) in [5, 5.41) is 3.51. The van der Waals surface area contributed by atoms with Crippen molar-refractivity contribution in [1.29, 1.82) is 0 Å². The minimum Gasteiger partial charge on any atom is -0.377 e. The van der Waals surface area contributed by atoms with E-state index in [2.05, 4.69) is 39.6 Å². The molecule has 0 spiro atoms. The van der Waals surface area contributed by atoms with Gasteiger partial charge in [-0.2, -0.15) is 0 Å². The molecule has 0 saturated carbocycles. The van der Waals surface area contributed by atoms with Crippen molar-refractivity contribution in [2.24, 2.45) is 0 Å². The Kier molecular flexibility index (Phi) is 8.73. The first-order chi connectivity index (χ1) is 7.15. The van der Waals surface area contributed by atoms with Crippen LogP contribution in [-0.2, 0) is 4.74 Å². The summed E-state index contributed by atoms with van der Waals surface area (Å²) in [6, 6.07) is 0.469. The van der Waals surface area contributed by atoms with Gasteiger partial charge in [0.2, 0.25) is 0 Å². The molecule has 2 unspecified atom stereocenters. The molecule has 0 saturated heterocycles. The fourth-order valence-corrected chi connectivity index (χ4v) is 1.82. The van der Waals surface area contributed by atoms with Gasteiger partial charge in [-0.1, -0.05) is 19.4 Å². The van der Waals surface area contributed by atoms with Crippen LogP contribution in [0.15, 0.2) is 12.2 Å². The summed E-state index contributed by atoms with van der Waals surface area (Å²) < 4.78 is 5.75. The predicted octanol–water partition coefficient (Wildman–Crippen LogP) is 3.14. The van der Waals surface area contributed by atoms with Crippen molar-refractivity contribution in [3.63, 3.8) is 0 Å². The van der Waals surface area contributed by atoms with Crippen molar-refractivity contribution in [3.8, 4) is 0 Å². The molecule has 2 heteroatoms. The number of rotatable bonds is 9. The van der Waals surface area contributed by atoms with Crippen LogP contribution in [0.25, 0.3) is 0 Å². The summed E-state index contributed by atoms with van der Waals surface area (Å²) in [6.07, 6.45) is 3.62. The van der Waals surface area contributed by atoms with Gasteiger partial charge in [-0.25, -0.2) is 0 Å². The van der Waals surface area contributed by atoms with Crippen LogP contribution >= 0.6 is 0 Å². The molecule has 0 fully saturated rings. The van der Waals surface area contributed by atoms with E-state index < -0.39 is 0 Å². The van der Waals surface area contributed by atoms with Gasteiger partial charge in [0.25, 0.3) is 0 Å². The van der Waals surface area contributed by atoms with E-state index in [1.54, 1.807) is 0 Å². The maximum Gasteiger partial charge on any atom is 0.0725 e. The Morgan fingerprint density at radius 2 is 2.00 bits per heavy atom. The van der Waals surface area contributed by atoms with Gasteiger partial charge in [0.15, 0.2) is 0 Å². The van der Waals surface area contributed by atoms with E-state index in [1.807, 2.05) is 0 Å². The van der Waals surface area contributed by atoms with Gasteiger partial charge >= 0.3 is 0 Å². The van der Waals surface area contributed by atoms with E-state index in [0.717, 1.165) is 32.4 Å². The van der Waals surface area contributed by atoms with Crippen molar-refractivity contribution < 1.29 is 4.74 Å². The molecule has 90 valence electrons. The molecule has 0 aliphatic rings. The lowest BCUT2D eigenvalue weighted by Crippen LogP contribution is -2.41. The standard InChI is InChI=1S/C13H27NO/c1-6-13(15-8-3)12(14-7-2)10-9-11(4)5/h12-14H,4,6-10H2,1-3,5H3. The number of hydrogen-bond donors (Lipinski definition) is 1. The number of hydrogen-bond acceptors (Lipinski definition) is 2. The predicted molar refractivity (Wildman–Crippen MR) is 67.2 cm³/mol. The Hall–Kier alpha value is -0.340. The zero-order valence-electron chi connectivity index (χ0n) is 10.8. The van der Waals surface area contributed by atoms with E-state index in [0.29, 0.717) is 12.1 Å². The summed E-state index contributed by atoms with van der Waals surface area (Å²) in [6.45, 7) is 14.2. The summed E-state index contributed by atoms with van der Waals surface area (Å²) in [5.41, 5.74) is 1.25. The molecule has 0 aromatic carbocycles. The lowest BCUT2D eigenvalue weighted by Gasteiger charge is -2.27. The number of allylic oxidation sites excluding steroid dienone is 1. The third-order valence-corrected chi connectivity index (χ3v) is 2.58. The molecular weight excluding hydrogens is 186 g/mol. The van der Waals surface area contributed by atoms with Gasteiger partial charge in [-0.05, 0) is 39.7 Å². The first-order valence-electron chi connectivity index (χ1n) is 6.14. The lowest BCUT2D eigenvalue weighted by atomic mass is 10.0. The third-order valence-electron chi connectivity index (χ3n) is 2.58. The normalized spacial score (nSPS) is 14.9. The maximum atomic E-state index is 5.75. The number of ether oxygens (including phenoxy) is 1. The van der Waals surface area contributed by atoms with Gasteiger partial charge in [-0.15, -0.1) is 6.58 Å². The molecule has 0 aliphatic heterocycles. The van der Waals surface area contributed by atoms with Crippen LogP contribution in [0, 0.1) is 0 Å². The second-order valence-electron chi connectivity index (χ2n) is 4.06. The third kappa shape index (κ3) is 6.69. The minimum absolute atomic E-state index is 0.342. The molecule has 2 atom stereocenters. The molecule has 0 aromatic heterocycles. The fourth-order valence-electron chi connectivity index (χ4n) is 1.82. The number of likely N-dealkylation sites (N-methyl/N-ethyl adjacent to an activating group) is 1. The molecule has 0 amide bonds. The Morgan fingerprint density at radius 1 is 1.33 bits per heavy atom. The van der Waals surface area contributed by atoms with Gasteiger partial charge < -0.3 is 10.1 Å².